The Morgan fingerprint density at radius 1 is 1.48 bits per heavy atom. The zero-order chi connectivity index (χ0) is 15.2. The number of rotatable bonds is 5. The number of aromatic carboxylic acids is 1. The maximum Gasteiger partial charge on any atom is 0.354 e. The lowest BCUT2D eigenvalue weighted by Crippen LogP contribution is -2.13. The van der Waals surface area contributed by atoms with Crippen LogP contribution in [0.3, 0.4) is 0 Å². The van der Waals surface area contributed by atoms with Gasteiger partial charge in [-0.15, -0.1) is 23.1 Å². The van der Waals surface area contributed by atoms with Crippen molar-refractivity contribution in [3.05, 3.63) is 41.0 Å². The van der Waals surface area contributed by atoms with Crippen LogP contribution in [0.25, 0.3) is 0 Å². The number of nitriles is 1. The molecule has 0 bridgehead atoms. The molecule has 0 spiro atoms. The molecule has 1 amide bonds. The summed E-state index contributed by atoms with van der Waals surface area (Å²) in [6.45, 7) is 0. The van der Waals surface area contributed by atoms with Gasteiger partial charge in [-0.3, -0.25) is 4.79 Å². The minimum atomic E-state index is -1.11. The fourth-order valence-corrected chi connectivity index (χ4v) is 2.90. The van der Waals surface area contributed by atoms with Gasteiger partial charge in [0.15, 0.2) is 0 Å². The monoisotopic (exact) mass is 319 g/mol. The molecule has 0 atom stereocenters. The Morgan fingerprint density at radius 3 is 3.00 bits per heavy atom. The van der Waals surface area contributed by atoms with Gasteiger partial charge in [-0.05, 0) is 23.6 Å². The van der Waals surface area contributed by atoms with E-state index in [2.05, 4.69) is 10.3 Å². The molecular formula is C13H9N3O3S2. The van der Waals surface area contributed by atoms with Crippen LogP contribution in [0.4, 0.5) is 5.00 Å². The van der Waals surface area contributed by atoms with Gasteiger partial charge >= 0.3 is 5.97 Å². The average Bonchev–Trinajstić information content (AvgIpc) is 2.92. The summed E-state index contributed by atoms with van der Waals surface area (Å²) in [6, 6.07) is 6.67. The van der Waals surface area contributed by atoms with Crippen LogP contribution >= 0.6 is 23.1 Å². The van der Waals surface area contributed by atoms with E-state index in [-0.39, 0.29) is 17.4 Å². The van der Waals surface area contributed by atoms with E-state index in [4.69, 9.17) is 10.4 Å². The van der Waals surface area contributed by atoms with Gasteiger partial charge in [-0.1, -0.05) is 0 Å². The quantitative estimate of drug-likeness (QED) is 0.820. The third-order valence-corrected chi connectivity index (χ3v) is 4.18. The van der Waals surface area contributed by atoms with E-state index >= 15 is 0 Å². The molecule has 2 aromatic rings. The highest BCUT2D eigenvalue weighted by Crippen LogP contribution is 2.23. The van der Waals surface area contributed by atoms with E-state index in [9.17, 15) is 9.59 Å². The Labute approximate surface area is 128 Å². The summed E-state index contributed by atoms with van der Waals surface area (Å²) in [6.07, 6.45) is 1.39. The van der Waals surface area contributed by atoms with Gasteiger partial charge < -0.3 is 10.4 Å². The normalized spacial score (nSPS) is 9.86. The van der Waals surface area contributed by atoms with Gasteiger partial charge in [-0.25, -0.2) is 9.78 Å². The number of hydrogen-bond donors (Lipinski definition) is 2. The summed E-state index contributed by atoms with van der Waals surface area (Å²) < 4.78 is 0. The van der Waals surface area contributed by atoms with Crippen LogP contribution in [-0.2, 0) is 4.79 Å². The lowest BCUT2D eigenvalue weighted by atomic mass is 10.3. The predicted molar refractivity (Wildman–Crippen MR) is 79.6 cm³/mol. The van der Waals surface area contributed by atoms with E-state index in [1.165, 1.54) is 35.4 Å². The van der Waals surface area contributed by atoms with Gasteiger partial charge in [0, 0.05) is 11.1 Å². The number of nitrogens with zero attached hydrogens (tertiary/aromatic N) is 2. The van der Waals surface area contributed by atoms with Gasteiger partial charge in [0.2, 0.25) is 5.91 Å². The highest BCUT2D eigenvalue weighted by atomic mass is 32.2. The highest BCUT2D eigenvalue weighted by Gasteiger charge is 2.10. The third-order valence-electron chi connectivity index (χ3n) is 2.36. The molecule has 0 radical (unpaired) electrons. The van der Waals surface area contributed by atoms with Crippen molar-refractivity contribution in [3.8, 4) is 6.07 Å². The molecule has 2 N–H and O–H groups in total. The maximum absolute atomic E-state index is 11.8. The van der Waals surface area contributed by atoms with Crippen LogP contribution in [0, 0.1) is 11.3 Å². The standard InChI is InChI=1S/C13H9N3O3S2/c14-6-8-2-4-20-12(8)16-11(17)7-21-9-1-3-15-10(5-9)13(18)19/h1-5H,7H2,(H,16,17)(H,18,19). The Balaban J connectivity index is 1.94. The number of amides is 1. The van der Waals surface area contributed by atoms with Crippen molar-refractivity contribution in [2.45, 2.75) is 4.90 Å². The Morgan fingerprint density at radius 2 is 2.29 bits per heavy atom. The van der Waals surface area contributed by atoms with Crippen LogP contribution in [-0.4, -0.2) is 27.7 Å². The van der Waals surface area contributed by atoms with Crippen LogP contribution < -0.4 is 5.32 Å². The number of carboxylic acids is 1. The van der Waals surface area contributed by atoms with Crippen LogP contribution in [0.2, 0.25) is 0 Å². The number of carboxylic acid groups (broad SMARTS) is 1. The van der Waals surface area contributed by atoms with Gasteiger partial charge in [0.1, 0.15) is 16.8 Å². The number of carbonyl (C=O) groups excluding carboxylic acids is 1. The SMILES string of the molecule is N#Cc1ccsc1NC(=O)CSc1ccnc(C(=O)O)c1. The predicted octanol–water partition coefficient (Wildman–Crippen LogP) is 2.44. The molecular weight excluding hydrogens is 310 g/mol. The lowest BCUT2D eigenvalue weighted by Gasteiger charge is -2.04. The lowest BCUT2D eigenvalue weighted by molar-refractivity contribution is -0.113. The molecule has 0 aliphatic rings. The minimum Gasteiger partial charge on any atom is -0.477 e. The first kappa shape index (κ1) is 15.0. The summed E-state index contributed by atoms with van der Waals surface area (Å²) in [5.41, 5.74) is 0.362. The van der Waals surface area contributed by atoms with E-state index in [0.717, 1.165) is 0 Å². The molecule has 21 heavy (non-hydrogen) atoms. The molecule has 0 aromatic carbocycles. The zero-order valence-electron chi connectivity index (χ0n) is 10.6. The molecule has 8 heteroatoms. The summed E-state index contributed by atoms with van der Waals surface area (Å²) in [7, 11) is 0. The van der Waals surface area contributed by atoms with E-state index in [1.54, 1.807) is 17.5 Å². The van der Waals surface area contributed by atoms with Crippen molar-refractivity contribution in [3.63, 3.8) is 0 Å². The minimum absolute atomic E-state index is 0.0644. The maximum atomic E-state index is 11.8. The first-order chi connectivity index (χ1) is 10.1. The summed E-state index contributed by atoms with van der Waals surface area (Å²) in [4.78, 5) is 26.9. The largest absolute Gasteiger partial charge is 0.477 e. The Kier molecular flexibility index (Phi) is 4.92. The molecule has 2 rings (SSSR count). The third kappa shape index (κ3) is 4.05. The molecule has 0 unspecified atom stereocenters. The number of anilines is 1. The molecule has 0 aliphatic heterocycles. The molecule has 0 saturated carbocycles. The summed E-state index contributed by atoms with van der Waals surface area (Å²) in [5.74, 6) is -1.25. The molecule has 0 saturated heterocycles. The van der Waals surface area contributed by atoms with Gasteiger partial charge in [0.25, 0.3) is 0 Å². The molecule has 0 aliphatic carbocycles. The van der Waals surface area contributed by atoms with Crippen LogP contribution in [0.5, 0.6) is 0 Å². The number of pyridine rings is 1. The summed E-state index contributed by atoms with van der Waals surface area (Å²) >= 11 is 2.48. The second-order valence-electron chi connectivity index (χ2n) is 3.79. The second-order valence-corrected chi connectivity index (χ2v) is 5.76. The average molecular weight is 319 g/mol. The molecule has 106 valence electrons. The second kappa shape index (κ2) is 6.88. The number of carbonyl (C=O) groups is 2. The molecule has 6 nitrogen and oxygen atoms in total. The number of aromatic nitrogens is 1. The number of thiophene rings is 1. The molecule has 2 aromatic heterocycles. The van der Waals surface area contributed by atoms with Crippen molar-refractivity contribution < 1.29 is 14.7 Å². The zero-order valence-corrected chi connectivity index (χ0v) is 12.2. The van der Waals surface area contributed by atoms with E-state index < -0.39 is 5.97 Å². The van der Waals surface area contributed by atoms with E-state index in [0.29, 0.717) is 15.5 Å². The van der Waals surface area contributed by atoms with Crippen molar-refractivity contribution >= 4 is 40.0 Å². The van der Waals surface area contributed by atoms with Crippen molar-refractivity contribution in [2.75, 3.05) is 11.1 Å². The topological polar surface area (TPSA) is 103 Å². The highest BCUT2D eigenvalue weighted by molar-refractivity contribution is 8.00. The molecule has 0 fully saturated rings. The van der Waals surface area contributed by atoms with Crippen molar-refractivity contribution in [2.24, 2.45) is 0 Å². The van der Waals surface area contributed by atoms with E-state index in [1.807, 2.05) is 6.07 Å². The van der Waals surface area contributed by atoms with Gasteiger partial charge in [0.05, 0.1) is 11.3 Å². The van der Waals surface area contributed by atoms with Crippen LogP contribution in [0.1, 0.15) is 16.1 Å². The fourth-order valence-electron chi connectivity index (χ4n) is 1.42. The first-order valence-electron chi connectivity index (χ1n) is 5.69. The van der Waals surface area contributed by atoms with Crippen molar-refractivity contribution in [1.29, 1.82) is 5.26 Å². The summed E-state index contributed by atoms with van der Waals surface area (Å²) in [5, 5.41) is 22.6. The Hall–Kier alpha value is -2.37. The van der Waals surface area contributed by atoms with Crippen molar-refractivity contribution in [1.82, 2.24) is 4.98 Å². The smallest absolute Gasteiger partial charge is 0.354 e. The Bertz CT molecular complexity index is 721. The number of hydrogen-bond acceptors (Lipinski definition) is 6. The molecule has 2 heterocycles. The fraction of sp³-hybridized carbons (Fsp3) is 0.0769. The number of thioether (sulfide) groups is 1. The van der Waals surface area contributed by atoms with Crippen LogP contribution in [0.15, 0.2) is 34.7 Å². The van der Waals surface area contributed by atoms with Gasteiger partial charge in [-0.2, -0.15) is 5.26 Å². The first-order valence-corrected chi connectivity index (χ1v) is 7.56. The number of nitrogens with one attached hydrogen (secondary N) is 1.